The van der Waals surface area contributed by atoms with Crippen LogP contribution < -0.4 is 11.1 Å². The van der Waals surface area contributed by atoms with Gasteiger partial charge in [-0.3, -0.25) is 4.79 Å². The zero-order chi connectivity index (χ0) is 22.0. The maximum absolute atomic E-state index is 13.0. The number of benzene rings is 2. The Balaban J connectivity index is 1.84. The predicted molar refractivity (Wildman–Crippen MR) is 125 cm³/mol. The van der Waals surface area contributed by atoms with E-state index >= 15 is 0 Å². The minimum Gasteiger partial charge on any atom is -0.383 e. The molecule has 0 saturated heterocycles. The molecule has 4 rings (SSSR count). The molecule has 4 aromatic rings. The van der Waals surface area contributed by atoms with Crippen molar-refractivity contribution in [2.24, 2.45) is 11.0 Å². The van der Waals surface area contributed by atoms with Gasteiger partial charge >= 0.3 is 0 Å². The summed E-state index contributed by atoms with van der Waals surface area (Å²) in [6, 6.07) is 15.4. The number of hydrogen-bond donors (Lipinski definition) is 2. The van der Waals surface area contributed by atoms with Crippen molar-refractivity contribution in [3.8, 4) is 0 Å². The number of nitrogen functional groups attached to an aromatic ring is 1. The van der Waals surface area contributed by atoms with Gasteiger partial charge in [-0.05, 0) is 42.5 Å². The van der Waals surface area contributed by atoms with Gasteiger partial charge in [0, 0.05) is 6.54 Å². The lowest BCUT2D eigenvalue weighted by Gasteiger charge is -2.07. The van der Waals surface area contributed by atoms with Gasteiger partial charge in [-0.25, -0.2) is 9.97 Å². The fourth-order valence-electron chi connectivity index (χ4n) is 3.40. The molecule has 2 aromatic heterocycles. The summed E-state index contributed by atoms with van der Waals surface area (Å²) in [6.45, 7) is 6.81. The number of para-hydroxylation sites is 2. The summed E-state index contributed by atoms with van der Waals surface area (Å²) in [5.41, 5.74) is 11.1. The van der Waals surface area contributed by atoms with Crippen LogP contribution in [0.4, 0.5) is 5.82 Å². The van der Waals surface area contributed by atoms with E-state index in [4.69, 9.17) is 15.7 Å². The monoisotopic (exact) mass is 414 g/mol. The molecule has 158 valence electrons. The fraction of sp³-hybridized carbons (Fsp3) is 0.250. The second-order valence-electron chi connectivity index (χ2n) is 8.00. The first-order chi connectivity index (χ1) is 15.0. The van der Waals surface area contributed by atoms with Crippen LogP contribution in [0.25, 0.3) is 22.2 Å². The molecule has 2 aromatic carbocycles. The average molecular weight is 415 g/mol. The lowest BCUT2D eigenvalue weighted by atomic mass is 10.1. The Morgan fingerprint density at radius 2 is 1.81 bits per heavy atom. The van der Waals surface area contributed by atoms with Crippen LogP contribution in [0, 0.1) is 12.8 Å². The van der Waals surface area contributed by atoms with Crippen molar-refractivity contribution in [1.82, 2.24) is 20.0 Å². The normalized spacial score (nSPS) is 11.7. The number of carbonyl (C=O) groups excluding carboxylic acids is 1. The Bertz CT molecular complexity index is 1290. The van der Waals surface area contributed by atoms with E-state index in [2.05, 4.69) is 24.3 Å². The Labute approximate surface area is 181 Å². The second kappa shape index (κ2) is 8.55. The van der Waals surface area contributed by atoms with Gasteiger partial charge in [-0.2, -0.15) is 9.78 Å². The highest BCUT2D eigenvalue weighted by Gasteiger charge is 2.24. The molecule has 0 fully saturated rings. The third-order valence-electron chi connectivity index (χ3n) is 5.21. The highest BCUT2D eigenvalue weighted by molar-refractivity contribution is 6.10. The van der Waals surface area contributed by atoms with Gasteiger partial charge in [0.2, 0.25) is 0 Å². The zero-order valence-corrected chi connectivity index (χ0v) is 18.0. The lowest BCUT2D eigenvalue weighted by Crippen LogP contribution is -2.26. The maximum atomic E-state index is 13.0. The van der Waals surface area contributed by atoms with E-state index in [-0.39, 0.29) is 11.7 Å². The largest absolute Gasteiger partial charge is 0.383 e. The van der Waals surface area contributed by atoms with Gasteiger partial charge in [0.1, 0.15) is 16.9 Å². The van der Waals surface area contributed by atoms with E-state index < -0.39 is 0 Å². The number of hydrogen-bond acceptors (Lipinski definition) is 5. The summed E-state index contributed by atoms with van der Waals surface area (Å²) in [5.74, 6) is 0.441. The van der Waals surface area contributed by atoms with Crippen LogP contribution in [0.1, 0.15) is 41.8 Å². The van der Waals surface area contributed by atoms with E-state index in [0.29, 0.717) is 40.2 Å². The first-order valence-electron chi connectivity index (χ1n) is 10.4. The summed E-state index contributed by atoms with van der Waals surface area (Å²) >= 11 is 0. The van der Waals surface area contributed by atoms with Gasteiger partial charge in [-0.15, -0.1) is 0 Å². The Morgan fingerprint density at radius 1 is 1.13 bits per heavy atom. The number of fused-ring (bicyclic) bond motifs is 2. The third kappa shape index (κ3) is 4.12. The topological polar surface area (TPSA) is 98.2 Å². The number of anilines is 1. The molecule has 0 radical (unpaired) electrons. The van der Waals surface area contributed by atoms with Crippen molar-refractivity contribution in [1.29, 1.82) is 0 Å². The SMILES string of the molecule is Cc1ccccc1C=Nn1c(N)c(C(=O)NCCC(C)C)c2nc3ccccc3nc21. The molecule has 7 nitrogen and oxygen atoms in total. The number of nitrogens with zero attached hydrogens (tertiary/aromatic N) is 4. The van der Waals surface area contributed by atoms with Crippen molar-refractivity contribution in [2.45, 2.75) is 27.2 Å². The predicted octanol–water partition coefficient (Wildman–Crippen LogP) is 4.13. The molecule has 1 amide bonds. The van der Waals surface area contributed by atoms with Crippen molar-refractivity contribution in [2.75, 3.05) is 12.3 Å². The Hall–Kier alpha value is -3.74. The quantitative estimate of drug-likeness (QED) is 0.463. The highest BCUT2D eigenvalue weighted by atomic mass is 16.1. The third-order valence-corrected chi connectivity index (χ3v) is 5.21. The zero-order valence-electron chi connectivity index (χ0n) is 18.0. The van der Waals surface area contributed by atoms with Crippen molar-refractivity contribution in [3.63, 3.8) is 0 Å². The van der Waals surface area contributed by atoms with Crippen LogP contribution in [0.2, 0.25) is 0 Å². The number of amides is 1. The van der Waals surface area contributed by atoms with Crippen molar-refractivity contribution < 1.29 is 4.79 Å². The second-order valence-corrected chi connectivity index (χ2v) is 8.00. The summed E-state index contributed by atoms with van der Waals surface area (Å²) < 4.78 is 1.50. The molecule has 0 spiro atoms. The number of aromatic nitrogens is 3. The minimum absolute atomic E-state index is 0.220. The van der Waals surface area contributed by atoms with E-state index in [1.807, 2.05) is 55.5 Å². The first-order valence-corrected chi connectivity index (χ1v) is 10.4. The molecule has 31 heavy (non-hydrogen) atoms. The molecule has 0 unspecified atom stereocenters. The van der Waals surface area contributed by atoms with Crippen molar-refractivity contribution >= 4 is 40.1 Å². The summed E-state index contributed by atoms with van der Waals surface area (Å²) in [4.78, 5) is 22.4. The summed E-state index contributed by atoms with van der Waals surface area (Å²) in [7, 11) is 0. The van der Waals surface area contributed by atoms with Crippen LogP contribution in [0.3, 0.4) is 0 Å². The average Bonchev–Trinajstić information content (AvgIpc) is 3.01. The molecule has 0 saturated carbocycles. The first kappa shape index (κ1) is 20.5. The Morgan fingerprint density at radius 3 is 2.52 bits per heavy atom. The van der Waals surface area contributed by atoms with E-state index in [1.165, 1.54) is 4.68 Å². The standard InChI is InChI=1S/C24H26N6O/c1-15(2)12-13-26-24(31)20-21-23(29-19-11-7-6-10-18(19)28-21)30(22(20)25)27-14-17-9-5-4-8-16(17)3/h4-11,14-15H,12-13,25H2,1-3H3,(H,26,31). The number of rotatable bonds is 6. The molecule has 7 heteroatoms. The smallest absolute Gasteiger partial charge is 0.257 e. The molecule has 0 bridgehead atoms. The van der Waals surface area contributed by atoms with Crippen LogP contribution in [0.5, 0.6) is 0 Å². The van der Waals surface area contributed by atoms with Gasteiger partial charge < -0.3 is 11.1 Å². The van der Waals surface area contributed by atoms with Crippen LogP contribution in [0.15, 0.2) is 53.6 Å². The summed E-state index contributed by atoms with van der Waals surface area (Å²) in [5, 5.41) is 7.52. The molecule has 0 atom stereocenters. The van der Waals surface area contributed by atoms with Gasteiger partial charge in [0.05, 0.1) is 17.2 Å². The molecular formula is C24H26N6O. The van der Waals surface area contributed by atoms with E-state index in [1.54, 1.807) is 6.21 Å². The minimum atomic E-state index is -0.266. The van der Waals surface area contributed by atoms with E-state index in [0.717, 1.165) is 17.5 Å². The highest BCUT2D eigenvalue weighted by Crippen LogP contribution is 2.28. The van der Waals surface area contributed by atoms with Crippen LogP contribution in [-0.4, -0.2) is 33.3 Å². The lowest BCUT2D eigenvalue weighted by molar-refractivity contribution is 0.0954. The van der Waals surface area contributed by atoms with Crippen LogP contribution >= 0.6 is 0 Å². The molecule has 0 aliphatic rings. The number of carbonyl (C=O) groups is 1. The fourth-order valence-corrected chi connectivity index (χ4v) is 3.40. The van der Waals surface area contributed by atoms with Gasteiger partial charge in [0.15, 0.2) is 5.65 Å². The molecule has 0 aliphatic heterocycles. The molecule has 3 N–H and O–H groups in total. The number of nitrogens with one attached hydrogen (secondary N) is 1. The number of nitrogens with two attached hydrogens (primary N) is 1. The van der Waals surface area contributed by atoms with Gasteiger partial charge in [-0.1, -0.05) is 50.2 Å². The molecular weight excluding hydrogens is 388 g/mol. The summed E-state index contributed by atoms with van der Waals surface area (Å²) in [6.07, 6.45) is 2.60. The number of aryl methyl sites for hydroxylation is 1. The van der Waals surface area contributed by atoms with Gasteiger partial charge in [0.25, 0.3) is 5.91 Å². The Kier molecular flexibility index (Phi) is 5.66. The maximum Gasteiger partial charge on any atom is 0.257 e. The van der Waals surface area contributed by atoms with E-state index in [9.17, 15) is 4.79 Å². The van der Waals surface area contributed by atoms with Crippen molar-refractivity contribution in [3.05, 3.63) is 65.2 Å². The van der Waals surface area contributed by atoms with Crippen LogP contribution in [-0.2, 0) is 0 Å². The molecule has 0 aliphatic carbocycles. The molecule has 2 heterocycles.